The van der Waals surface area contributed by atoms with Crippen LogP contribution >= 0.6 is 11.8 Å². The number of hydrogen-bond acceptors (Lipinski definition) is 3. The predicted octanol–water partition coefficient (Wildman–Crippen LogP) is 2.83. The first-order valence-corrected chi connectivity index (χ1v) is 8.18. The molecular weight excluding hydrogens is 270 g/mol. The molecule has 1 amide bonds. The Morgan fingerprint density at radius 2 is 1.95 bits per heavy atom. The first-order chi connectivity index (χ1) is 9.46. The highest BCUT2D eigenvalue weighted by Crippen LogP contribution is 2.25. The summed E-state index contributed by atoms with van der Waals surface area (Å²) in [5.74, 6) is 1.81. The van der Waals surface area contributed by atoms with Crippen LogP contribution in [0.2, 0.25) is 0 Å². The minimum Gasteiger partial charge on any atom is -0.396 e. The second-order valence-electron chi connectivity index (χ2n) is 5.74. The summed E-state index contributed by atoms with van der Waals surface area (Å²) in [6, 6.07) is 7.78. The SMILES string of the molecule is CC(C)(C)c1ccccc1C(=O)NCCSCCCO. The maximum Gasteiger partial charge on any atom is 0.251 e. The van der Waals surface area contributed by atoms with E-state index in [1.54, 1.807) is 11.8 Å². The van der Waals surface area contributed by atoms with E-state index in [2.05, 4.69) is 26.1 Å². The molecule has 0 saturated carbocycles. The minimum atomic E-state index is -0.0379. The molecule has 3 nitrogen and oxygen atoms in total. The number of benzene rings is 1. The molecule has 0 aliphatic rings. The highest BCUT2D eigenvalue weighted by molar-refractivity contribution is 7.99. The number of aliphatic hydroxyl groups is 1. The predicted molar refractivity (Wildman–Crippen MR) is 86.5 cm³/mol. The van der Waals surface area contributed by atoms with Gasteiger partial charge in [-0.2, -0.15) is 11.8 Å². The third-order valence-corrected chi connectivity index (χ3v) is 4.03. The van der Waals surface area contributed by atoms with Crippen molar-refractivity contribution in [1.82, 2.24) is 5.32 Å². The van der Waals surface area contributed by atoms with Crippen molar-refractivity contribution in [3.05, 3.63) is 35.4 Å². The maximum atomic E-state index is 12.2. The number of rotatable bonds is 7. The van der Waals surface area contributed by atoms with Gasteiger partial charge in [0.1, 0.15) is 0 Å². The molecule has 0 spiro atoms. The van der Waals surface area contributed by atoms with Crippen LogP contribution in [0, 0.1) is 0 Å². The number of nitrogens with one attached hydrogen (secondary N) is 1. The molecule has 0 radical (unpaired) electrons. The molecule has 0 aromatic heterocycles. The number of thioether (sulfide) groups is 1. The fraction of sp³-hybridized carbons (Fsp3) is 0.562. The minimum absolute atomic E-state index is 0.00159. The van der Waals surface area contributed by atoms with Crippen LogP contribution in [-0.4, -0.2) is 35.7 Å². The van der Waals surface area contributed by atoms with Crippen LogP contribution in [0.1, 0.15) is 43.1 Å². The van der Waals surface area contributed by atoms with Crippen molar-refractivity contribution in [1.29, 1.82) is 0 Å². The van der Waals surface area contributed by atoms with Gasteiger partial charge in [-0.1, -0.05) is 39.0 Å². The first-order valence-electron chi connectivity index (χ1n) is 7.03. The third kappa shape index (κ3) is 5.55. The summed E-state index contributed by atoms with van der Waals surface area (Å²) in [6.07, 6.45) is 0.811. The Morgan fingerprint density at radius 1 is 1.25 bits per heavy atom. The zero-order valence-electron chi connectivity index (χ0n) is 12.6. The monoisotopic (exact) mass is 295 g/mol. The number of hydrogen-bond donors (Lipinski definition) is 2. The van der Waals surface area contributed by atoms with E-state index in [0.717, 1.165) is 29.1 Å². The van der Waals surface area contributed by atoms with E-state index in [9.17, 15) is 4.79 Å². The first kappa shape index (κ1) is 17.1. The zero-order chi connectivity index (χ0) is 15.0. The highest BCUT2D eigenvalue weighted by atomic mass is 32.2. The normalized spacial score (nSPS) is 11.4. The van der Waals surface area contributed by atoms with Gasteiger partial charge in [0.2, 0.25) is 0 Å². The number of carbonyl (C=O) groups excluding carboxylic acids is 1. The van der Waals surface area contributed by atoms with E-state index in [4.69, 9.17) is 5.11 Å². The molecule has 0 unspecified atom stereocenters. The molecule has 2 N–H and O–H groups in total. The van der Waals surface area contributed by atoms with Crippen molar-refractivity contribution in [3.63, 3.8) is 0 Å². The van der Waals surface area contributed by atoms with Gasteiger partial charge >= 0.3 is 0 Å². The topological polar surface area (TPSA) is 49.3 Å². The Labute approximate surface area is 126 Å². The molecule has 0 bridgehead atoms. The van der Waals surface area contributed by atoms with Crippen molar-refractivity contribution in [3.8, 4) is 0 Å². The van der Waals surface area contributed by atoms with Gasteiger partial charge in [-0.25, -0.2) is 0 Å². The van der Waals surface area contributed by atoms with Crippen LogP contribution in [0.15, 0.2) is 24.3 Å². The van der Waals surface area contributed by atoms with Crippen LogP contribution in [0.3, 0.4) is 0 Å². The van der Waals surface area contributed by atoms with E-state index in [0.29, 0.717) is 6.54 Å². The summed E-state index contributed by atoms with van der Waals surface area (Å²) >= 11 is 1.75. The Kier molecular flexibility index (Phi) is 7.10. The highest BCUT2D eigenvalue weighted by Gasteiger charge is 2.20. The second kappa shape index (κ2) is 8.32. The lowest BCUT2D eigenvalue weighted by atomic mass is 9.83. The van der Waals surface area contributed by atoms with Crippen LogP contribution in [0.4, 0.5) is 0 Å². The summed E-state index contributed by atoms with van der Waals surface area (Å²) in [4.78, 5) is 12.2. The van der Waals surface area contributed by atoms with Gasteiger partial charge in [0, 0.05) is 24.5 Å². The molecule has 0 atom stereocenters. The Hall–Kier alpha value is -1.00. The molecule has 0 aliphatic carbocycles. The number of amides is 1. The van der Waals surface area contributed by atoms with Crippen molar-refractivity contribution >= 4 is 17.7 Å². The molecule has 4 heteroatoms. The maximum absolute atomic E-state index is 12.2. The van der Waals surface area contributed by atoms with Crippen LogP contribution in [0.25, 0.3) is 0 Å². The standard InChI is InChI=1S/C16H25NO2S/c1-16(2,3)14-8-5-4-7-13(14)15(19)17-9-12-20-11-6-10-18/h4-5,7-8,18H,6,9-12H2,1-3H3,(H,17,19). The second-order valence-corrected chi connectivity index (χ2v) is 6.97. The van der Waals surface area contributed by atoms with Crippen molar-refractivity contribution < 1.29 is 9.90 Å². The van der Waals surface area contributed by atoms with Gasteiger partial charge in [0.05, 0.1) is 0 Å². The number of aliphatic hydroxyl groups excluding tert-OH is 1. The average molecular weight is 295 g/mol. The smallest absolute Gasteiger partial charge is 0.251 e. The molecule has 0 heterocycles. The molecule has 112 valence electrons. The van der Waals surface area contributed by atoms with Gasteiger partial charge in [-0.15, -0.1) is 0 Å². The molecule has 1 rings (SSSR count). The van der Waals surface area contributed by atoms with Crippen LogP contribution in [0.5, 0.6) is 0 Å². The molecule has 1 aromatic rings. The van der Waals surface area contributed by atoms with Gasteiger partial charge < -0.3 is 10.4 Å². The zero-order valence-corrected chi connectivity index (χ0v) is 13.4. The Morgan fingerprint density at radius 3 is 2.60 bits per heavy atom. The quantitative estimate of drug-likeness (QED) is 0.761. The fourth-order valence-corrected chi connectivity index (χ4v) is 2.72. The molecule has 0 saturated heterocycles. The van der Waals surface area contributed by atoms with E-state index in [1.807, 2.05) is 24.3 Å². The summed E-state index contributed by atoms with van der Waals surface area (Å²) in [6.45, 7) is 7.24. The van der Waals surface area contributed by atoms with E-state index >= 15 is 0 Å². The van der Waals surface area contributed by atoms with Crippen molar-refractivity contribution in [2.24, 2.45) is 0 Å². The van der Waals surface area contributed by atoms with Crippen molar-refractivity contribution in [2.75, 3.05) is 24.7 Å². The van der Waals surface area contributed by atoms with Crippen molar-refractivity contribution in [2.45, 2.75) is 32.6 Å². The molecular formula is C16H25NO2S. The lowest BCUT2D eigenvalue weighted by Gasteiger charge is -2.22. The van der Waals surface area contributed by atoms with Crippen LogP contribution in [-0.2, 0) is 5.41 Å². The summed E-state index contributed by atoms with van der Waals surface area (Å²) in [7, 11) is 0. The lowest BCUT2D eigenvalue weighted by Crippen LogP contribution is -2.28. The number of carbonyl (C=O) groups is 1. The molecule has 1 aromatic carbocycles. The summed E-state index contributed by atoms with van der Waals surface area (Å²) < 4.78 is 0. The van der Waals surface area contributed by atoms with E-state index < -0.39 is 0 Å². The summed E-state index contributed by atoms with van der Waals surface area (Å²) in [5, 5.41) is 11.6. The van der Waals surface area contributed by atoms with Gasteiger partial charge in [-0.05, 0) is 29.2 Å². The molecule has 0 fully saturated rings. The summed E-state index contributed by atoms with van der Waals surface area (Å²) in [5.41, 5.74) is 1.80. The fourth-order valence-electron chi connectivity index (χ4n) is 1.94. The molecule has 20 heavy (non-hydrogen) atoms. The van der Waals surface area contributed by atoms with Gasteiger partial charge in [0.25, 0.3) is 5.91 Å². The average Bonchev–Trinajstić information content (AvgIpc) is 2.41. The lowest BCUT2D eigenvalue weighted by molar-refractivity contribution is 0.0954. The Balaban J connectivity index is 2.52. The molecule has 0 aliphatic heterocycles. The van der Waals surface area contributed by atoms with E-state index in [-0.39, 0.29) is 17.9 Å². The Bertz CT molecular complexity index is 427. The van der Waals surface area contributed by atoms with Crippen LogP contribution < -0.4 is 5.32 Å². The largest absolute Gasteiger partial charge is 0.396 e. The van der Waals surface area contributed by atoms with Gasteiger partial charge in [0.15, 0.2) is 0 Å². The van der Waals surface area contributed by atoms with Gasteiger partial charge in [-0.3, -0.25) is 4.79 Å². The van der Waals surface area contributed by atoms with E-state index in [1.165, 1.54) is 0 Å². The third-order valence-electron chi connectivity index (χ3n) is 2.96.